The SMILES string of the molecule is O=S(=O)(Cl)c1cccc2c1C(F)CC2. The lowest BCUT2D eigenvalue weighted by Crippen LogP contribution is -1.98. The van der Waals surface area contributed by atoms with Crippen molar-refractivity contribution in [3.8, 4) is 0 Å². The zero-order valence-corrected chi connectivity index (χ0v) is 8.78. The predicted molar refractivity (Wildman–Crippen MR) is 51.7 cm³/mol. The number of halogens is 2. The number of rotatable bonds is 1. The van der Waals surface area contributed by atoms with E-state index < -0.39 is 15.2 Å². The first-order valence-electron chi connectivity index (χ1n) is 4.20. The molecule has 0 fully saturated rings. The summed E-state index contributed by atoms with van der Waals surface area (Å²) < 4.78 is 35.7. The van der Waals surface area contributed by atoms with Crippen molar-refractivity contribution >= 4 is 19.7 Å². The Morgan fingerprint density at radius 2 is 2.14 bits per heavy atom. The molecule has 0 aliphatic heterocycles. The quantitative estimate of drug-likeness (QED) is 0.700. The summed E-state index contributed by atoms with van der Waals surface area (Å²) in [5.41, 5.74) is 1.00. The maximum absolute atomic E-state index is 13.4. The summed E-state index contributed by atoms with van der Waals surface area (Å²) in [6.45, 7) is 0. The molecule has 0 saturated carbocycles. The number of hydrogen-bond donors (Lipinski definition) is 0. The summed E-state index contributed by atoms with van der Waals surface area (Å²) in [5.74, 6) is 0. The van der Waals surface area contributed by atoms with Crippen LogP contribution >= 0.6 is 10.7 Å². The van der Waals surface area contributed by atoms with E-state index in [-0.39, 0.29) is 10.5 Å². The number of benzene rings is 1. The molecule has 0 bridgehead atoms. The van der Waals surface area contributed by atoms with Crippen molar-refractivity contribution < 1.29 is 12.8 Å². The van der Waals surface area contributed by atoms with E-state index in [1.807, 2.05) is 0 Å². The lowest BCUT2D eigenvalue weighted by atomic mass is 10.1. The van der Waals surface area contributed by atoms with Crippen LogP contribution in [0.3, 0.4) is 0 Å². The highest BCUT2D eigenvalue weighted by molar-refractivity contribution is 8.13. The Kier molecular flexibility index (Phi) is 2.27. The Morgan fingerprint density at radius 3 is 2.79 bits per heavy atom. The Labute approximate surface area is 86.1 Å². The van der Waals surface area contributed by atoms with Gasteiger partial charge in [-0.25, -0.2) is 12.8 Å². The molecule has 2 rings (SSSR count). The average Bonchev–Trinajstić information content (AvgIpc) is 2.46. The van der Waals surface area contributed by atoms with Gasteiger partial charge < -0.3 is 0 Å². The van der Waals surface area contributed by atoms with Crippen molar-refractivity contribution in [1.29, 1.82) is 0 Å². The standard InChI is InChI=1S/C9H8ClFO2S/c10-14(12,13)8-3-1-2-6-4-5-7(11)9(6)8/h1-3,7H,4-5H2. The fourth-order valence-corrected chi connectivity index (χ4v) is 2.97. The molecule has 0 spiro atoms. The van der Waals surface area contributed by atoms with Gasteiger partial charge in [-0.15, -0.1) is 0 Å². The minimum atomic E-state index is -3.83. The first kappa shape index (κ1) is 9.93. The van der Waals surface area contributed by atoms with Gasteiger partial charge in [0.25, 0.3) is 9.05 Å². The normalized spacial score (nSPS) is 20.9. The highest BCUT2D eigenvalue weighted by Crippen LogP contribution is 2.39. The van der Waals surface area contributed by atoms with Crippen molar-refractivity contribution in [2.24, 2.45) is 0 Å². The third-order valence-corrected chi connectivity index (χ3v) is 3.78. The highest BCUT2D eigenvalue weighted by atomic mass is 35.7. The second-order valence-corrected chi connectivity index (χ2v) is 5.81. The summed E-state index contributed by atoms with van der Waals surface area (Å²) in [6.07, 6.45) is -0.273. The largest absolute Gasteiger partial charge is 0.261 e. The van der Waals surface area contributed by atoms with Gasteiger partial charge in [0.2, 0.25) is 0 Å². The lowest BCUT2D eigenvalue weighted by Gasteiger charge is -2.06. The molecule has 1 aliphatic rings. The van der Waals surface area contributed by atoms with Crippen LogP contribution in [-0.4, -0.2) is 8.42 Å². The number of alkyl halides is 1. The fraction of sp³-hybridized carbons (Fsp3) is 0.333. The van der Waals surface area contributed by atoms with E-state index in [9.17, 15) is 12.8 Å². The zero-order chi connectivity index (χ0) is 10.3. The zero-order valence-electron chi connectivity index (χ0n) is 7.20. The fourth-order valence-electron chi connectivity index (χ4n) is 1.80. The van der Waals surface area contributed by atoms with Gasteiger partial charge in [0, 0.05) is 16.2 Å². The molecule has 76 valence electrons. The smallest absolute Gasteiger partial charge is 0.242 e. The summed E-state index contributed by atoms with van der Waals surface area (Å²) in [6, 6.07) is 4.67. The van der Waals surface area contributed by atoms with E-state index in [4.69, 9.17) is 10.7 Å². The molecule has 14 heavy (non-hydrogen) atoms. The van der Waals surface area contributed by atoms with Crippen LogP contribution < -0.4 is 0 Å². The molecular formula is C9H8ClFO2S. The van der Waals surface area contributed by atoms with Crippen molar-refractivity contribution in [1.82, 2.24) is 0 Å². The molecular weight excluding hydrogens is 227 g/mol. The van der Waals surface area contributed by atoms with E-state index in [0.29, 0.717) is 12.8 Å². The molecule has 0 radical (unpaired) electrons. The number of fused-ring (bicyclic) bond motifs is 1. The minimum Gasteiger partial charge on any atom is -0.242 e. The molecule has 1 aromatic carbocycles. The molecule has 1 unspecified atom stereocenters. The van der Waals surface area contributed by atoms with Gasteiger partial charge in [-0.3, -0.25) is 0 Å². The van der Waals surface area contributed by atoms with E-state index in [2.05, 4.69) is 0 Å². The Bertz CT molecular complexity index is 470. The maximum atomic E-state index is 13.4. The molecule has 1 atom stereocenters. The second-order valence-electron chi connectivity index (χ2n) is 3.27. The number of hydrogen-bond acceptors (Lipinski definition) is 2. The Balaban J connectivity index is 2.70. The van der Waals surface area contributed by atoms with E-state index in [1.54, 1.807) is 12.1 Å². The van der Waals surface area contributed by atoms with Crippen molar-refractivity contribution in [2.45, 2.75) is 23.9 Å². The predicted octanol–water partition coefficient (Wildman–Crippen LogP) is 2.57. The molecule has 0 amide bonds. The van der Waals surface area contributed by atoms with Crippen LogP contribution in [0.5, 0.6) is 0 Å². The lowest BCUT2D eigenvalue weighted by molar-refractivity contribution is 0.339. The van der Waals surface area contributed by atoms with Crippen molar-refractivity contribution in [3.63, 3.8) is 0 Å². The highest BCUT2D eigenvalue weighted by Gasteiger charge is 2.29. The van der Waals surface area contributed by atoms with E-state index >= 15 is 0 Å². The summed E-state index contributed by atoms with van der Waals surface area (Å²) in [4.78, 5) is -0.0818. The minimum absolute atomic E-state index is 0.0818. The van der Waals surface area contributed by atoms with Crippen LogP contribution in [0.2, 0.25) is 0 Å². The van der Waals surface area contributed by atoms with Gasteiger partial charge in [-0.1, -0.05) is 12.1 Å². The average molecular weight is 235 g/mol. The third kappa shape index (κ3) is 1.53. The first-order valence-corrected chi connectivity index (χ1v) is 6.51. The van der Waals surface area contributed by atoms with Crippen LogP contribution in [0.1, 0.15) is 23.7 Å². The van der Waals surface area contributed by atoms with Gasteiger partial charge in [0.15, 0.2) is 0 Å². The van der Waals surface area contributed by atoms with E-state index in [0.717, 1.165) is 5.56 Å². The van der Waals surface area contributed by atoms with Crippen LogP contribution in [0.4, 0.5) is 4.39 Å². The summed E-state index contributed by atoms with van der Waals surface area (Å²) in [7, 11) is 1.38. The summed E-state index contributed by atoms with van der Waals surface area (Å²) in [5, 5.41) is 0. The van der Waals surface area contributed by atoms with Crippen molar-refractivity contribution in [2.75, 3.05) is 0 Å². The molecule has 0 saturated heterocycles. The molecule has 2 nitrogen and oxygen atoms in total. The number of aryl methyl sites for hydroxylation is 1. The maximum Gasteiger partial charge on any atom is 0.261 e. The van der Waals surface area contributed by atoms with Crippen LogP contribution in [0.15, 0.2) is 23.1 Å². The van der Waals surface area contributed by atoms with Gasteiger partial charge in [-0.05, 0) is 24.5 Å². The van der Waals surface area contributed by atoms with Gasteiger partial charge in [-0.2, -0.15) is 0 Å². The summed E-state index contributed by atoms with van der Waals surface area (Å²) >= 11 is 0. The third-order valence-electron chi connectivity index (χ3n) is 2.40. The molecule has 0 heterocycles. The molecule has 5 heteroatoms. The second kappa shape index (κ2) is 3.21. The Morgan fingerprint density at radius 1 is 1.43 bits per heavy atom. The van der Waals surface area contributed by atoms with Crippen LogP contribution in [0, 0.1) is 0 Å². The van der Waals surface area contributed by atoms with Gasteiger partial charge in [0.1, 0.15) is 6.17 Å². The van der Waals surface area contributed by atoms with E-state index in [1.165, 1.54) is 6.07 Å². The van der Waals surface area contributed by atoms with Gasteiger partial charge >= 0.3 is 0 Å². The molecule has 0 aromatic heterocycles. The molecule has 1 aromatic rings. The van der Waals surface area contributed by atoms with Crippen molar-refractivity contribution in [3.05, 3.63) is 29.3 Å². The van der Waals surface area contributed by atoms with Gasteiger partial charge in [0.05, 0.1) is 4.90 Å². The van der Waals surface area contributed by atoms with Crippen LogP contribution in [0.25, 0.3) is 0 Å². The van der Waals surface area contributed by atoms with Crippen LogP contribution in [-0.2, 0) is 15.5 Å². The Hall–Kier alpha value is -0.610. The first-order chi connectivity index (χ1) is 6.50. The monoisotopic (exact) mass is 234 g/mol. The molecule has 0 N–H and O–H groups in total. The molecule has 1 aliphatic carbocycles. The topological polar surface area (TPSA) is 34.1 Å².